The Morgan fingerprint density at radius 3 is 1.82 bits per heavy atom. The number of benzene rings is 6. The molecule has 0 unspecified atom stereocenters. The van der Waals surface area contributed by atoms with Gasteiger partial charge in [-0.05, 0) is 66.4 Å². The molecule has 236 valence electrons. The highest BCUT2D eigenvalue weighted by Crippen LogP contribution is 2.38. The average molecular weight is 642 g/mol. The van der Waals surface area contributed by atoms with Crippen LogP contribution in [0.3, 0.4) is 0 Å². The van der Waals surface area contributed by atoms with Crippen LogP contribution < -0.4 is 0 Å². The normalized spacial score (nSPS) is 13.1. The first-order valence-corrected chi connectivity index (χ1v) is 17.1. The first kappa shape index (κ1) is 28.4. The predicted molar refractivity (Wildman–Crippen MR) is 206 cm³/mol. The van der Waals surface area contributed by atoms with E-state index in [1.165, 1.54) is 27.4 Å². The van der Waals surface area contributed by atoms with Crippen molar-refractivity contribution in [3.8, 4) is 34.2 Å². The van der Waals surface area contributed by atoms with Gasteiger partial charge in [0.1, 0.15) is 0 Å². The molecule has 1 aliphatic rings. The second kappa shape index (κ2) is 11.5. The van der Waals surface area contributed by atoms with Crippen molar-refractivity contribution in [1.82, 2.24) is 24.1 Å². The fraction of sp³-hybridized carbons (Fsp3) is 0.0444. The number of allylic oxidation sites excluding steroid dienone is 4. The molecule has 10 rings (SSSR count). The zero-order valence-electron chi connectivity index (χ0n) is 27.2. The quantitative estimate of drug-likeness (QED) is 0.188. The summed E-state index contributed by atoms with van der Waals surface area (Å²) in [5.41, 5.74) is 9.98. The van der Waals surface area contributed by atoms with Gasteiger partial charge in [-0.1, -0.05) is 121 Å². The van der Waals surface area contributed by atoms with Gasteiger partial charge in [0.25, 0.3) is 0 Å². The van der Waals surface area contributed by atoms with E-state index in [0.717, 1.165) is 57.0 Å². The van der Waals surface area contributed by atoms with Gasteiger partial charge in [-0.15, -0.1) is 0 Å². The summed E-state index contributed by atoms with van der Waals surface area (Å²) < 4.78 is 4.56. The molecule has 0 N–H and O–H groups in total. The fourth-order valence-electron chi connectivity index (χ4n) is 7.46. The number of rotatable bonds is 5. The molecule has 50 heavy (non-hydrogen) atoms. The number of nitrogens with zero attached hydrogens (tertiary/aromatic N) is 5. The highest BCUT2D eigenvalue weighted by atomic mass is 15.2. The summed E-state index contributed by atoms with van der Waals surface area (Å²) in [5.74, 6) is 1.96. The smallest absolute Gasteiger partial charge is 0.238 e. The summed E-state index contributed by atoms with van der Waals surface area (Å²) in [7, 11) is 0. The zero-order chi connectivity index (χ0) is 33.0. The van der Waals surface area contributed by atoms with Crippen LogP contribution >= 0.6 is 0 Å². The van der Waals surface area contributed by atoms with Crippen LogP contribution in [-0.4, -0.2) is 24.1 Å². The van der Waals surface area contributed by atoms with Crippen molar-refractivity contribution in [2.45, 2.75) is 12.8 Å². The minimum atomic E-state index is 0.612. The highest BCUT2D eigenvalue weighted by Gasteiger charge is 2.19. The Balaban J connectivity index is 1.18. The Morgan fingerprint density at radius 1 is 0.420 bits per heavy atom. The van der Waals surface area contributed by atoms with E-state index < -0.39 is 0 Å². The molecule has 5 nitrogen and oxygen atoms in total. The van der Waals surface area contributed by atoms with Crippen LogP contribution in [0.1, 0.15) is 18.7 Å². The highest BCUT2D eigenvalue weighted by molar-refractivity contribution is 6.12. The van der Waals surface area contributed by atoms with Gasteiger partial charge < -0.3 is 4.57 Å². The first-order valence-electron chi connectivity index (χ1n) is 17.1. The van der Waals surface area contributed by atoms with Gasteiger partial charge in [-0.2, -0.15) is 9.97 Å². The van der Waals surface area contributed by atoms with Crippen molar-refractivity contribution in [1.29, 1.82) is 0 Å². The standard InChI is InChI=1S/C45H31N5/c1-4-14-30(15-5-1)43-46-44(31-16-6-2-7-17-31)48-45(47-43)50-40-23-13-11-21-36(40)38-28-32(25-27-41(38)50)33-24-26-37-35-20-10-12-22-39(35)49(42(37)29-33)34-18-8-3-9-19-34/h1,3-6,8-29H,2,7H2. The Hall–Kier alpha value is -6.59. The summed E-state index contributed by atoms with van der Waals surface area (Å²) in [6.45, 7) is 0. The Kier molecular flexibility index (Phi) is 6.56. The van der Waals surface area contributed by atoms with E-state index in [0.29, 0.717) is 17.6 Å². The maximum atomic E-state index is 5.12. The molecular formula is C45H31N5. The number of hydrogen-bond acceptors (Lipinski definition) is 3. The Bertz CT molecular complexity index is 2800. The van der Waals surface area contributed by atoms with Crippen molar-refractivity contribution >= 4 is 49.2 Å². The second-order valence-corrected chi connectivity index (χ2v) is 12.8. The predicted octanol–water partition coefficient (Wildman–Crippen LogP) is 11.1. The second-order valence-electron chi connectivity index (χ2n) is 12.8. The molecule has 3 heterocycles. The lowest BCUT2D eigenvalue weighted by atomic mass is 10.0. The summed E-state index contributed by atoms with van der Waals surface area (Å²) in [4.78, 5) is 15.2. The van der Waals surface area contributed by atoms with E-state index in [9.17, 15) is 0 Å². The Morgan fingerprint density at radius 2 is 1.04 bits per heavy atom. The summed E-state index contributed by atoms with van der Waals surface area (Å²) in [6, 6.07) is 51.6. The monoisotopic (exact) mass is 641 g/mol. The third kappa shape index (κ3) is 4.59. The molecule has 0 saturated carbocycles. The van der Waals surface area contributed by atoms with Crippen molar-refractivity contribution in [3.63, 3.8) is 0 Å². The van der Waals surface area contributed by atoms with Gasteiger partial charge >= 0.3 is 0 Å². The molecule has 0 fully saturated rings. The summed E-state index contributed by atoms with van der Waals surface area (Å²) >= 11 is 0. The number of fused-ring (bicyclic) bond motifs is 6. The van der Waals surface area contributed by atoms with Crippen LogP contribution in [0.5, 0.6) is 0 Å². The van der Waals surface area contributed by atoms with Gasteiger partial charge in [0.2, 0.25) is 5.95 Å². The number of hydrogen-bond donors (Lipinski definition) is 0. The maximum Gasteiger partial charge on any atom is 0.238 e. The topological polar surface area (TPSA) is 48.5 Å². The summed E-state index contributed by atoms with van der Waals surface area (Å²) in [5, 5.41) is 4.81. The molecule has 1 aliphatic carbocycles. The molecule has 3 aromatic heterocycles. The van der Waals surface area contributed by atoms with Gasteiger partial charge in [0, 0.05) is 38.4 Å². The minimum absolute atomic E-state index is 0.612. The van der Waals surface area contributed by atoms with E-state index in [1.54, 1.807) is 0 Å². The lowest BCUT2D eigenvalue weighted by Gasteiger charge is -2.12. The van der Waals surface area contributed by atoms with Crippen LogP contribution in [0.25, 0.3) is 83.3 Å². The van der Waals surface area contributed by atoms with E-state index in [-0.39, 0.29) is 0 Å². The van der Waals surface area contributed by atoms with Gasteiger partial charge in [0.15, 0.2) is 11.6 Å². The molecule has 0 atom stereocenters. The number of para-hydroxylation sites is 3. The lowest BCUT2D eigenvalue weighted by molar-refractivity contribution is 0.927. The lowest BCUT2D eigenvalue weighted by Crippen LogP contribution is -2.08. The van der Waals surface area contributed by atoms with Crippen LogP contribution in [0.4, 0.5) is 0 Å². The van der Waals surface area contributed by atoms with Crippen LogP contribution in [0.15, 0.2) is 164 Å². The molecule has 5 heteroatoms. The van der Waals surface area contributed by atoms with Gasteiger partial charge in [0.05, 0.1) is 22.1 Å². The van der Waals surface area contributed by atoms with E-state index >= 15 is 0 Å². The molecule has 0 amide bonds. The molecule has 9 aromatic rings. The van der Waals surface area contributed by atoms with Gasteiger partial charge in [-0.3, -0.25) is 4.57 Å². The molecule has 0 saturated heterocycles. The molecule has 6 aromatic carbocycles. The molecule has 0 bridgehead atoms. The van der Waals surface area contributed by atoms with Crippen LogP contribution in [0, 0.1) is 0 Å². The third-order valence-corrected chi connectivity index (χ3v) is 9.80. The van der Waals surface area contributed by atoms with Crippen molar-refractivity contribution in [2.75, 3.05) is 0 Å². The zero-order valence-corrected chi connectivity index (χ0v) is 27.2. The Labute approximate surface area is 289 Å². The van der Waals surface area contributed by atoms with Crippen molar-refractivity contribution in [3.05, 3.63) is 170 Å². The average Bonchev–Trinajstić information content (AvgIpc) is 3.71. The van der Waals surface area contributed by atoms with Gasteiger partial charge in [-0.25, -0.2) is 4.98 Å². The molecular weight excluding hydrogens is 611 g/mol. The van der Waals surface area contributed by atoms with Crippen LogP contribution in [-0.2, 0) is 0 Å². The number of aromatic nitrogens is 5. The maximum absolute atomic E-state index is 5.12. The molecule has 0 aliphatic heterocycles. The van der Waals surface area contributed by atoms with E-state index in [1.807, 2.05) is 18.2 Å². The van der Waals surface area contributed by atoms with E-state index in [2.05, 4.69) is 155 Å². The van der Waals surface area contributed by atoms with Crippen molar-refractivity contribution < 1.29 is 0 Å². The molecule has 0 radical (unpaired) electrons. The summed E-state index contributed by atoms with van der Waals surface area (Å²) in [6.07, 6.45) is 8.55. The van der Waals surface area contributed by atoms with E-state index in [4.69, 9.17) is 15.0 Å². The van der Waals surface area contributed by atoms with Crippen LogP contribution in [0.2, 0.25) is 0 Å². The minimum Gasteiger partial charge on any atom is -0.309 e. The van der Waals surface area contributed by atoms with Crippen molar-refractivity contribution in [2.24, 2.45) is 0 Å². The first-order chi connectivity index (χ1) is 24.8. The largest absolute Gasteiger partial charge is 0.309 e. The SMILES string of the molecule is C1=CC(c2nc(-c3ccccc3)nc(-n3c4ccccc4c4cc(-c5ccc6c7ccccc7n(-c7ccccc7)c6c5)ccc43)n2)=CCC1. The third-order valence-electron chi connectivity index (χ3n) is 9.80. The molecule has 0 spiro atoms. The fourth-order valence-corrected chi connectivity index (χ4v) is 7.46.